The fourth-order valence-corrected chi connectivity index (χ4v) is 6.52. The summed E-state index contributed by atoms with van der Waals surface area (Å²) in [4.78, 5) is 22.2. The number of anilines is 1. The van der Waals surface area contributed by atoms with Crippen LogP contribution in [0, 0.1) is 6.92 Å². The standard InChI is InChI=1S/C24H28ClN3O4S2/c1-18-8-9-20(25)23-22(18)26-24(33-23)28(12-5-11-27-13-15-32-16-14-27)21(29)10-17-34(30,31)19-6-3-2-4-7-19/h2-4,6-9H,5,10-17H2,1H3. The largest absolute Gasteiger partial charge is 0.379 e. The van der Waals surface area contributed by atoms with Crippen LogP contribution in [0.2, 0.25) is 5.02 Å². The number of morpholine rings is 1. The molecule has 1 aromatic heterocycles. The summed E-state index contributed by atoms with van der Waals surface area (Å²) in [7, 11) is -3.55. The first-order chi connectivity index (χ1) is 16.3. The van der Waals surface area contributed by atoms with Gasteiger partial charge in [0.1, 0.15) is 0 Å². The minimum Gasteiger partial charge on any atom is -0.379 e. The number of aryl methyl sites for hydroxylation is 1. The molecule has 1 aliphatic heterocycles. The van der Waals surface area contributed by atoms with E-state index >= 15 is 0 Å². The van der Waals surface area contributed by atoms with E-state index in [-0.39, 0.29) is 23.0 Å². The number of benzene rings is 2. The van der Waals surface area contributed by atoms with Crippen LogP contribution in [-0.4, -0.2) is 69.4 Å². The quantitative estimate of drug-likeness (QED) is 0.420. The van der Waals surface area contributed by atoms with Crippen LogP contribution < -0.4 is 4.90 Å². The van der Waals surface area contributed by atoms with Crippen molar-refractivity contribution in [1.29, 1.82) is 0 Å². The Morgan fingerprint density at radius 3 is 2.62 bits per heavy atom. The van der Waals surface area contributed by atoms with Crippen LogP contribution in [0.15, 0.2) is 47.4 Å². The van der Waals surface area contributed by atoms with E-state index < -0.39 is 9.84 Å². The molecule has 0 bridgehead atoms. The molecule has 0 aliphatic carbocycles. The molecule has 0 atom stereocenters. The molecule has 0 unspecified atom stereocenters. The molecule has 2 heterocycles. The lowest BCUT2D eigenvalue weighted by Crippen LogP contribution is -2.39. The Morgan fingerprint density at radius 2 is 1.91 bits per heavy atom. The molecule has 1 fully saturated rings. The van der Waals surface area contributed by atoms with E-state index in [1.54, 1.807) is 35.2 Å². The van der Waals surface area contributed by atoms with Gasteiger partial charge >= 0.3 is 0 Å². The van der Waals surface area contributed by atoms with Crippen LogP contribution in [0.25, 0.3) is 10.2 Å². The van der Waals surface area contributed by atoms with Gasteiger partial charge in [0, 0.05) is 32.6 Å². The van der Waals surface area contributed by atoms with Gasteiger partial charge in [-0.3, -0.25) is 14.6 Å². The molecular weight excluding hydrogens is 494 g/mol. The number of carbonyl (C=O) groups excluding carboxylic acids is 1. The smallest absolute Gasteiger partial charge is 0.229 e. The minimum atomic E-state index is -3.55. The van der Waals surface area contributed by atoms with Crippen molar-refractivity contribution in [2.45, 2.75) is 24.7 Å². The van der Waals surface area contributed by atoms with E-state index in [1.165, 1.54) is 11.3 Å². The summed E-state index contributed by atoms with van der Waals surface area (Å²) in [6.07, 6.45) is 0.636. The number of amides is 1. The molecule has 2 aromatic carbocycles. The van der Waals surface area contributed by atoms with Crippen molar-refractivity contribution >= 4 is 54.0 Å². The van der Waals surface area contributed by atoms with Gasteiger partial charge in [-0.2, -0.15) is 0 Å². The Balaban J connectivity index is 1.52. The molecule has 1 aliphatic rings. The van der Waals surface area contributed by atoms with Gasteiger partial charge in [0.15, 0.2) is 15.0 Å². The second-order valence-electron chi connectivity index (χ2n) is 8.27. The van der Waals surface area contributed by atoms with E-state index in [9.17, 15) is 13.2 Å². The molecule has 0 N–H and O–H groups in total. The third-order valence-electron chi connectivity index (χ3n) is 5.86. The average molecular weight is 522 g/mol. The summed E-state index contributed by atoms with van der Waals surface area (Å²) in [5, 5.41) is 1.15. The highest BCUT2D eigenvalue weighted by atomic mass is 35.5. The molecule has 182 valence electrons. The van der Waals surface area contributed by atoms with Crippen molar-refractivity contribution in [3.63, 3.8) is 0 Å². The molecule has 0 radical (unpaired) electrons. The molecule has 3 aromatic rings. The Morgan fingerprint density at radius 1 is 1.18 bits per heavy atom. The van der Waals surface area contributed by atoms with Crippen LogP contribution in [0.5, 0.6) is 0 Å². The number of carbonyl (C=O) groups is 1. The maximum absolute atomic E-state index is 13.3. The minimum absolute atomic E-state index is 0.114. The second kappa shape index (κ2) is 11.1. The Hall–Kier alpha value is -2.04. The third kappa shape index (κ3) is 5.95. The summed E-state index contributed by atoms with van der Waals surface area (Å²) in [6, 6.07) is 12.0. The molecule has 0 spiro atoms. The Labute approximate surface area is 209 Å². The zero-order valence-corrected chi connectivity index (χ0v) is 21.5. The van der Waals surface area contributed by atoms with E-state index in [1.807, 2.05) is 19.1 Å². The predicted molar refractivity (Wildman–Crippen MR) is 137 cm³/mol. The number of aromatic nitrogens is 1. The highest BCUT2D eigenvalue weighted by molar-refractivity contribution is 7.91. The van der Waals surface area contributed by atoms with Gasteiger partial charge in [-0.25, -0.2) is 13.4 Å². The van der Waals surface area contributed by atoms with Gasteiger partial charge in [0.05, 0.1) is 39.1 Å². The van der Waals surface area contributed by atoms with Crippen LogP contribution in [0.3, 0.4) is 0 Å². The van der Waals surface area contributed by atoms with Crippen molar-refractivity contribution in [3.8, 4) is 0 Å². The second-order valence-corrected chi connectivity index (χ2v) is 11.8. The van der Waals surface area contributed by atoms with Gasteiger partial charge in [-0.05, 0) is 37.1 Å². The van der Waals surface area contributed by atoms with Gasteiger partial charge in [0.2, 0.25) is 5.91 Å². The topological polar surface area (TPSA) is 79.8 Å². The predicted octanol–water partition coefficient (Wildman–Crippen LogP) is 4.18. The zero-order chi connectivity index (χ0) is 24.1. The van der Waals surface area contributed by atoms with Crippen molar-refractivity contribution in [3.05, 3.63) is 53.1 Å². The first-order valence-corrected chi connectivity index (χ1v) is 14.1. The van der Waals surface area contributed by atoms with Gasteiger partial charge in [0.25, 0.3) is 0 Å². The molecule has 7 nitrogen and oxygen atoms in total. The van der Waals surface area contributed by atoms with Crippen LogP contribution in [0.4, 0.5) is 5.13 Å². The third-order valence-corrected chi connectivity index (χ3v) is 9.14. The summed E-state index contributed by atoms with van der Waals surface area (Å²) in [6.45, 7) is 6.43. The van der Waals surface area contributed by atoms with E-state index in [0.29, 0.717) is 16.7 Å². The maximum atomic E-state index is 13.3. The van der Waals surface area contributed by atoms with Crippen molar-refractivity contribution in [2.24, 2.45) is 0 Å². The number of fused-ring (bicyclic) bond motifs is 1. The van der Waals surface area contributed by atoms with Gasteiger partial charge in [-0.1, -0.05) is 47.2 Å². The summed E-state index contributed by atoms with van der Waals surface area (Å²) < 4.78 is 31.7. The lowest BCUT2D eigenvalue weighted by molar-refractivity contribution is -0.118. The highest BCUT2D eigenvalue weighted by Crippen LogP contribution is 2.36. The summed E-state index contributed by atoms with van der Waals surface area (Å²) in [5.41, 5.74) is 1.75. The Kier molecular flexibility index (Phi) is 8.21. The molecule has 4 rings (SSSR count). The SMILES string of the molecule is Cc1ccc(Cl)c2sc(N(CCCN3CCOCC3)C(=O)CCS(=O)(=O)c3ccccc3)nc12. The number of ether oxygens (including phenoxy) is 1. The van der Waals surface area contributed by atoms with E-state index in [4.69, 9.17) is 21.3 Å². The zero-order valence-electron chi connectivity index (χ0n) is 19.1. The van der Waals surface area contributed by atoms with Crippen LogP contribution in [0.1, 0.15) is 18.4 Å². The van der Waals surface area contributed by atoms with Crippen molar-refractivity contribution < 1.29 is 17.9 Å². The fourth-order valence-electron chi connectivity index (χ4n) is 3.91. The van der Waals surface area contributed by atoms with Gasteiger partial charge in [-0.15, -0.1) is 0 Å². The first kappa shape index (κ1) is 25.1. The van der Waals surface area contributed by atoms with Crippen molar-refractivity contribution in [1.82, 2.24) is 9.88 Å². The molecular formula is C24H28ClN3O4S2. The fraction of sp³-hybridized carbons (Fsp3) is 0.417. The average Bonchev–Trinajstić information content (AvgIpc) is 3.30. The number of thiazole rings is 1. The number of nitrogens with zero attached hydrogens (tertiary/aromatic N) is 3. The lowest BCUT2D eigenvalue weighted by Gasteiger charge is -2.27. The van der Waals surface area contributed by atoms with E-state index in [2.05, 4.69) is 4.90 Å². The normalized spacial score (nSPS) is 15.0. The molecule has 10 heteroatoms. The Bertz CT molecular complexity index is 1200. The molecule has 0 saturated carbocycles. The molecule has 1 saturated heterocycles. The summed E-state index contributed by atoms with van der Waals surface area (Å²) in [5.74, 6) is -0.505. The number of hydrogen-bond acceptors (Lipinski definition) is 7. The molecule has 1 amide bonds. The molecule has 34 heavy (non-hydrogen) atoms. The monoisotopic (exact) mass is 521 g/mol. The number of rotatable bonds is 9. The number of hydrogen-bond donors (Lipinski definition) is 0. The summed E-state index contributed by atoms with van der Waals surface area (Å²) >= 11 is 7.76. The van der Waals surface area contributed by atoms with Crippen LogP contribution >= 0.6 is 22.9 Å². The highest BCUT2D eigenvalue weighted by Gasteiger charge is 2.24. The van der Waals surface area contributed by atoms with E-state index in [0.717, 1.165) is 55.0 Å². The van der Waals surface area contributed by atoms with Crippen molar-refractivity contribution in [2.75, 3.05) is 50.0 Å². The number of sulfone groups is 1. The van der Waals surface area contributed by atoms with Gasteiger partial charge < -0.3 is 4.74 Å². The number of halogens is 1. The maximum Gasteiger partial charge on any atom is 0.229 e. The van der Waals surface area contributed by atoms with Crippen LogP contribution in [-0.2, 0) is 19.4 Å². The lowest BCUT2D eigenvalue weighted by atomic mass is 10.2. The first-order valence-electron chi connectivity index (χ1n) is 11.3.